The Labute approximate surface area is 333 Å². The Morgan fingerprint density at radius 1 is 0.911 bits per heavy atom. The van der Waals surface area contributed by atoms with Crippen LogP contribution in [0.3, 0.4) is 0 Å². The van der Waals surface area contributed by atoms with Gasteiger partial charge in [-0.25, -0.2) is 4.79 Å². The largest absolute Gasteiger partial charge is 0.456 e. The van der Waals surface area contributed by atoms with Crippen LogP contribution in [0, 0.1) is 29.6 Å². The summed E-state index contributed by atoms with van der Waals surface area (Å²) in [6, 6.07) is -1.13. The molecule has 1 amide bonds. The molecule has 1 aliphatic carbocycles. The van der Waals surface area contributed by atoms with Gasteiger partial charge in [0.05, 0.1) is 30.5 Å². The second-order valence-electron chi connectivity index (χ2n) is 17.2. The molecule has 318 valence electrons. The Morgan fingerprint density at radius 3 is 2.21 bits per heavy atom. The third-order valence-electron chi connectivity index (χ3n) is 12.9. The quantitative estimate of drug-likeness (QED) is 0.196. The van der Waals surface area contributed by atoms with E-state index in [2.05, 4.69) is 6.92 Å². The topological polar surface area (TPSA) is 178 Å². The second-order valence-corrected chi connectivity index (χ2v) is 17.2. The SMILES string of the molecule is CC[C@H]1/C=C(\C)C[C@@H](C)C[C@@H](OC)[C@H]2O[C@](O)(C(=O)C(=O)N3CCCC[C@H]3C(=O)O[C@H](/C(C)=C/[C@@H]3CC[C@@H](O)[C@H](OC)C3)[C@H](C)[C@H](O)CC1=O)[C@@H](C)C[C@@H]2OC. The first-order valence-corrected chi connectivity index (χ1v) is 20.8. The molecule has 56 heavy (non-hydrogen) atoms. The predicted octanol–water partition coefficient (Wildman–Crippen LogP) is 4.47. The number of aliphatic hydroxyl groups excluding tert-OH is 2. The summed E-state index contributed by atoms with van der Waals surface area (Å²) in [6.07, 6.45) is 3.72. The van der Waals surface area contributed by atoms with E-state index in [1.165, 1.54) is 19.1 Å². The Hall–Kier alpha value is -2.52. The van der Waals surface area contributed by atoms with Crippen molar-refractivity contribution in [3.63, 3.8) is 0 Å². The number of aliphatic hydroxyl groups is 3. The molecule has 13 heteroatoms. The van der Waals surface area contributed by atoms with Gasteiger partial charge in [0.2, 0.25) is 5.79 Å². The van der Waals surface area contributed by atoms with Crippen LogP contribution in [0.1, 0.15) is 112 Å². The molecule has 1 saturated carbocycles. The maximum atomic E-state index is 14.3. The fourth-order valence-electron chi connectivity index (χ4n) is 9.39. The van der Waals surface area contributed by atoms with Crippen molar-refractivity contribution in [2.24, 2.45) is 29.6 Å². The van der Waals surface area contributed by atoms with Gasteiger partial charge in [-0.2, -0.15) is 0 Å². The van der Waals surface area contributed by atoms with Crippen LogP contribution in [-0.4, -0.2) is 126 Å². The van der Waals surface area contributed by atoms with Crippen LogP contribution in [0.15, 0.2) is 23.3 Å². The summed E-state index contributed by atoms with van der Waals surface area (Å²) in [6.45, 7) is 11.3. The van der Waals surface area contributed by atoms with E-state index in [9.17, 15) is 34.5 Å². The number of hydrogen-bond donors (Lipinski definition) is 3. The van der Waals surface area contributed by atoms with Crippen molar-refractivity contribution in [1.29, 1.82) is 0 Å². The van der Waals surface area contributed by atoms with Gasteiger partial charge in [-0.05, 0) is 95.5 Å². The minimum Gasteiger partial charge on any atom is -0.456 e. The van der Waals surface area contributed by atoms with E-state index >= 15 is 0 Å². The molecule has 4 aliphatic rings. The average molecular weight is 792 g/mol. The number of hydrogen-bond acceptors (Lipinski definition) is 12. The molecule has 13 nitrogen and oxygen atoms in total. The van der Waals surface area contributed by atoms with E-state index in [0.717, 1.165) is 5.57 Å². The highest BCUT2D eigenvalue weighted by atomic mass is 16.7. The number of rotatable bonds is 6. The lowest BCUT2D eigenvalue weighted by molar-refractivity contribution is -0.302. The number of nitrogens with zero attached hydrogens (tertiary/aromatic N) is 1. The van der Waals surface area contributed by atoms with Gasteiger partial charge in [0.1, 0.15) is 24.0 Å². The highest BCUT2D eigenvalue weighted by molar-refractivity contribution is 6.39. The number of Topliss-reactive ketones (excluding diaryl/α,β-unsaturated/α-hetero) is 2. The lowest BCUT2D eigenvalue weighted by atomic mass is 9.81. The molecule has 4 rings (SSSR count). The predicted molar refractivity (Wildman–Crippen MR) is 208 cm³/mol. The standard InChI is InChI=1S/C43H69NO12/c1-10-30-18-24(2)17-25(3)19-36(53-8)39-37(54-9)21-27(5)43(51,56-39)40(48)41(49)44-16-12-11-13-31(44)42(50)55-38(28(6)33(46)23-34(30)47)26(4)20-29-14-15-32(45)35(22-29)52-7/h18,20,25,27-33,35-39,45-46,51H,10-17,19,21-23H2,1-9H3/b24-18+,26-20+/t25-,27+,28-,29+,30+,31+,32-,33-,35-,36-,37+,38-,39-,43+/m1/s1. The molecule has 0 aromatic rings. The summed E-state index contributed by atoms with van der Waals surface area (Å²) in [5.41, 5.74) is 1.66. The van der Waals surface area contributed by atoms with Gasteiger partial charge in [0.25, 0.3) is 11.7 Å². The molecule has 3 aliphatic heterocycles. The van der Waals surface area contributed by atoms with E-state index in [-0.39, 0.29) is 49.5 Å². The number of carbonyl (C=O) groups is 4. The lowest BCUT2D eigenvalue weighted by Gasteiger charge is -2.47. The normalized spacial score (nSPS) is 41.6. The van der Waals surface area contributed by atoms with Gasteiger partial charge in [-0.15, -0.1) is 0 Å². The number of allylic oxidation sites excluding steroid dienone is 3. The first-order chi connectivity index (χ1) is 26.5. The number of cyclic esters (lactones) is 1. The maximum Gasteiger partial charge on any atom is 0.329 e. The molecule has 0 aromatic carbocycles. The number of amides is 1. The molecule has 0 spiro atoms. The van der Waals surface area contributed by atoms with Gasteiger partial charge in [-0.3, -0.25) is 14.4 Å². The van der Waals surface area contributed by atoms with Crippen molar-refractivity contribution in [2.45, 2.75) is 167 Å². The Kier molecular flexibility index (Phi) is 16.9. The summed E-state index contributed by atoms with van der Waals surface area (Å²) in [5.74, 6) is -7.50. The molecular weight excluding hydrogens is 722 g/mol. The second kappa shape index (κ2) is 20.4. The Morgan fingerprint density at radius 2 is 1.57 bits per heavy atom. The van der Waals surface area contributed by atoms with Crippen LogP contribution >= 0.6 is 0 Å². The maximum absolute atomic E-state index is 14.3. The number of esters is 1. The van der Waals surface area contributed by atoms with Crippen LogP contribution in [0.2, 0.25) is 0 Å². The highest BCUT2D eigenvalue weighted by Crippen LogP contribution is 2.39. The van der Waals surface area contributed by atoms with Gasteiger partial charge in [0, 0.05) is 52.0 Å². The zero-order valence-electron chi connectivity index (χ0n) is 35.1. The zero-order valence-corrected chi connectivity index (χ0v) is 35.1. The van der Waals surface area contributed by atoms with Crippen molar-refractivity contribution in [2.75, 3.05) is 27.9 Å². The molecule has 3 heterocycles. The Bertz CT molecular complexity index is 1430. The van der Waals surface area contributed by atoms with Crippen LogP contribution in [-0.2, 0) is 42.9 Å². The number of fused-ring (bicyclic) bond motifs is 3. The molecule has 0 radical (unpaired) electrons. The number of piperidine rings is 1. The smallest absolute Gasteiger partial charge is 0.329 e. The van der Waals surface area contributed by atoms with Crippen LogP contribution in [0.4, 0.5) is 0 Å². The zero-order chi connectivity index (χ0) is 41.5. The summed E-state index contributed by atoms with van der Waals surface area (Å²) in [7, 11) is 4.63. The van der Waals surface area contributed by atoms with Crippen LogP contribution in [0.25, 0.3) is 0 Å². The summed E-state index contributed by atoms with van der Waals surface area (Å²) >= 11 is 0. The summed E-state index contributed by atoms with van der Waals surface area (Å²) in [4.78, 5) is 57.6. The van der Waals surface area contributed by atoms with Crippen LogP contribution in [0.5, 0.6) is 0 Å². The van der Waals surface area contributed by atoms with Gasteiger partial charge < -0.3 is 43.9 Å². The third-order valence-corrected chi connectivity index (χ3v) is 12.9. The Balaban J connectivity index is 1.76. The lowest BCUT2D eigenvalue weighted by Crippen LogP contribution is -2.64. The van der Waals surface area contributed by atoms with Crippen molar-refractivity contribution >= 4 is 23.4 Å². The minimum atomic E-state index is -2.50. The number of ketones is 2. The van der Waals surface area contributed by atoms with E-state index in [0.29, 0.717) is 56.9 Å². The number of carbonyl (C=O) groups excluding carboxylic acids is 4. The van der Waals surface area contributed by atoms with Gasteiger partial charge in [-0.1, -0.05) is 45.4 Å². The molecule has 3 N–H and O–H groups in total. The summed E-state index contributed by atoms with van der Waals surface area (Å²) in [5, 5.41) is 34.1. The number of ether oxygens (including phenoxy) is 5. The molecular formula is C43H69NO12. The van der Waals surface area contributed by atoms with Gasteiger partial charge >= 0.3 is 5.97 Å². The average Bonchev–Trinajstić information content (AvgIpc) is 3.18. The molecule has 14 atom stereocenters. The van der Waals surface area contributed by atoms with Crippen molar-refractivity contribution in [1.82, 2.24) is 4.90 Å². The number of methoxy groups -OCH3 is 3. The fraction of sp³-hybridized carbons (Fsp3) is 0.814. The first kappa shape index (κ1) is 46.2. The van der Waals surface area contributed by atoms with E-state index in [1.54, 1.807) is 21.0 Å². The van der Waals surface area contributed by atoms with Crippen molar-refractivity contribution < 1.29 is 58.2 Å². The van der Waals surface area contributed by atoms with E-state index < -0.39 is 83.9 Å². The highest BCUT2D eigenvalue weighted by Gasteiger charge is 2.56. The fourth-order valence-corrected chi connectivity index (χ4v) is 9.39. The van der Waals surface area contributed by atoms with E-state index in [1.807, 2.05) is 32.9 Å². The monoisotopic (exact) mass is 791 g/mol. The van der Waals surface area contributed by atoms with Gasteiger partial charge in [0.15, 0.2) is 0 Å². The first-order valence-electron chi connectivity index (χ1n) is 20.8. The molecule has 0 aromatic heterocycles. The van der Waals surface area contributed by atoms with E-state index in [4.69, 9.17) is 23.7 Å². The van der Waals surface area contributed by atoms with Crippen molar-refractivity contribution in [3.8, 4) is 0 Å². The molecule has 3 fully saturated rings. The summed E-state index contributed by atoms with van der Waals surface area (Å²) < 4.78 is 29.7. The molecule has 2 bridgehead atoms. The minimum absolute atomic E-state index is 0.000914. The van der Waals surface area contributed by atoms with Crippen LogP contribution < -0.4 is 0 Å². The third kappa shape index (κ3) is 10.7. The molecule has 2 saturated heterocycles. The molecule has 0 unspecified atom stereocenters. The van der Waals surface area contributed by atoms with Crippen molar-refractivity contribution in [3.05, 3.63) is 23.3 Å².